The lowest BCUT2D eigenvalue weighted by Gasteiger charge is -2.13. The van der Waals surface area contributed by atoms with Crippen LogP contribution in [0.5, 0.6) is 0 Å². The van der Waals surface area contributed by atoms with Gasteiger partial charge in [0.1, 0.15) is 11.0 Å². The minimum Gasteiger partial charge on any atom is -0.468 e. The molecule has 19 heavy (non-hydrogen) atoms. The number of hydrogen-bond donors (Lipinski definition) is 1. The van der Waals surface area contributed by atoms with Gasteiger partial charge in [-0.25, -0.2) is 4.68 Å². The molecule has 1 unspecified atom stereocenters. The number of methoxy groups -OCH3 is 2. The number of nitrogens with zero attached hydrogens (tertiary/aromatic N) is 2. The van der Waals surface area contributed by atoms with E-state index in [1.54, 1.807) is 7.11 Å². The normalized spacial score (nSPS) is 12.0. The predicted molar refractivity (Wildman–Crippen MR) is 73.2 cm³/mol. The molecule has 0 radical (unpaired) electrons. The molecule has 0 aliphatic heterocycles. The quantitative estimate of drug-likeness (QED) is 0.769. The summed E-state index contributed by atoms with van der Waals surface area (Å²) in [5, 5.41) is 6.94. The van der Waals surface area contributed by atoms with Crippen molar-refractivity contribution in [2.24, 2.45) is 0 Å². The molecule has 0 aromatic carbocycles. The first kappa shape index (κ1) is 15.6. The number of anilines is 1. The molecule has 1 aromatic heterocycles. The Morgan fingerprint density at radius 1 is 1.58 bits per heavy atom. The molecule has 0 aliphatic carbocycles. The molecular weight excluding hydrogens is 318 g/mol. The second-order valence-corrected chi connectivity index (χ2v) is 4.63. The zero-order valence-corrected chi connectivity index (χ0v) is 12.6. The fourth-order valence-corrected chi connectivity index (χ4v) is 1.67. The Labute approximate surface area is 119 Å². The van der Waals surface area contributed by atoms with Crippen LogP contribution in [0.2, 0.25) is 0 Å². The summed E-state index contributed by atoms with van der Waals surface area (Å²) in [6.45, 7) is 2.22. The second-order valence-electron chi connectivity index (χ2n) is 3.84. The number of carbonyl (C=O) groups is 1. The molecule has 1 rings (SSSR count). The first-order chi connectivity index (χ1) is 8.99. The average Bonchev–Trinajstić information content (AvgIpc) is 2.42. The Morgan fingerprint density at radius 3 is 2.84 bits per heavy atom. The summed E-state index contributed by atoms with van der Waals surface area (Å²) >= 11 is 3.19. The zero-order chi connectivity index (χ0) is 14.4. The Morgan fingerprint density at radius 2 is 2.26 bits per heavy atom. The highest BCUT2D eigenvalue weighted by Crippen LogP contribution is 2.16. The van der Waals surface area contributed by atoms with Crippen LogP contribution in [-0.2, 0) is 20.8 Å². The van der Waals surface area contributed by atoms with Crippen molar-refractivity contribution in [3.8, 4) is 0 Å². The van der Waals surface area contributed by atoms with Gasteiger partial charge in [-0.3, -0.25) is 9.59 Å². The number of hydrogen-bond acceptors (Lipinski definition) is 6. The van der Waals surface area contributed by atoms with E-state index in [0.717, 1.165) is 4.68 Å². The van der Waals surface area contributed by atoms with Crippen molar-refractivity contribution in [2.45, 2.75) is 19.6 Å². The van der Waals surface area contributed by atoms with Crippen LogP contribution in [0.15, 0.2) is 15.5 Å². The number of esters is 1. The summed E-state index contributed by atoms with van der Waals surface area (Å²) in [6.07, 6.45) is 1.47. The van der Waals surface area contributed by atoms with E-state index in [1.165, 1.54) is 13.3 Å². The van der Waals surface area contributed by atoms with Gasteiger partial charge in [0, 0.05) is 13.7 Å². The van der Waals surface area contributed by atoms with Crippen LogP contribution in [0.25, 0.3) is 0 Å². The highest BCUT2D eigenvalue weighted by molar-refractivity contribution is 9.10. The smallest absolute Gasteiger partial charge is 0.327 e. The molecule has 1 N–H and O–H groups in total. The van der Waals surface area contributed by atoms with Gasteiger partial charge in [-0.1, -0.05) is 0 Å². The van der Waals surface area contributed by atoms with Crippen molar-refractivity contribution >= 4 is 27.6 Å². The van der Waals surface area contributed by atoms with Crippen LogP contribution < -0.4 is 10.9 Å². The van der Waals surface area contributed by atoms with Crippen LogP contribution in [0.1, 0.15) is 6.92 Å². The van der Waals surface area contributed by atoms with Gasteiger partial charge in [-0.05, 0) is 22.9 Å². The van der Waals surface area contributed by atoms with Gasteiger partial charge >= 0.3 is 5.97 Å². The molecule has 0 saturated carbocycles. The van der Waals surface area contributed by atoms with Crippen molar-refractivity contribution in [1.29, 1.82) is 0 Å². The van der Waals surface area contributed by atoms with E-state index in [2.05, 4.69) is 31.1 Å². The van der Waals surface area contributed by atoms with E-state index in [-0.39, 0.29) is 12.6 Å². The number of rotatable bonds is 6. The molecule has 0 spiro atoms. The molecule has 0 amide bonds. The van der Waals surface area contributed by atoms with E-state index in [0.29, 0.717) is 16.7 Å². The summed E-state index contributed by atoms with van der Waals surface area (Å²) in [5.41, 5.74) is 0.149. The van der Waals surface area contributed by atoms with Crippen LogP contribution in [0.3, 0.4) is 0 Å². The molecule has 8 heteroatoms. The van der Waals surface area contributed by atoms with E-state index < -0.39 is 11.5 Å². The topological polar surface area (TPSA) is 82.5 Å². The highest BCUT2D eigenvalue weighted by atomic mass is 79.9. The van der Waals surface area contributed by atoms with Crippen molar-refractivity contribution in [3.05, 3.63) is 21.0 Å². The number of carbonyl (C=O) groups excluding carboxylic acids is 1. The first-order valence-corrected chi connectivity index (χ1v) is 6.38. The lowest BCUT2D eigenvalue weighted by molar-refractivity contribution is -0.141. The van der Waals surface area contributed by atoms with Crippen LogP contribution in [0, 0.1) is 0 Å². The maximum atomic E-state index is 11.9. The van der Waals surface area contributed by atoms with Gasteiger partial charge in [0.05, 0.1) is 25.1 Å². The SMILES string of the molecule is COC(=O)Cn1ncc(NCC(C)OC)c(Br)c1=O. The van der Waals surface area contributed by atoms with Gasteiger partial charge in [0.15, 0.2) is 0 Å². The third-order valence-electron chi connectivity index (χ3n) is 2.47. The van der Waals surface area contributed by atoms with E-state index >= 15 is 0 Å². The largest absolute Gasteiger partial charge is 0.468 e. The van der Waals surface area contributed by atoms with Gasteiger partial charge in [-0.2, -0.15) is 5.10 Å². The predicted octanol–water partition coefficient (Wildman–Crippen LogP) is 0.626. The molecule has 7 nitrogen and oxygen atoms in total. The molecule has 1 atom stereocenters. The molecule has 106 valence electrons. The molecule has 0 aliphatic rings. The van der Waals surface area contributed by atoms with E-state index in [1.807, 2.05) is 6.92 Å². The third kappa shape index (κ3) is 4.32. The number of halogens is 1. The number of nitrogens with one attached hydrogen (secondary N) is 1. The Hall–Kier alpha value is -1.41. The van der Waals surface area contributed by atoms with Gasteiger partial charge in [0.2, 0.25) is 0 Å². The standard InChI is InChI=1S/C11H16BrN3O4/c1-7(18-2)4-13-8-5-14-15(6-9(16)19-3)11(17)10(8)12/h5,7,13H,4,6H2,1-3H3. The fraction of sp³-hybridized carbons (Fsp3) is 0.545. The summed E-state index contributed by atoms with van der Waals surface area (Å²) in [6, 6.07) is 0. The van der Waals surface area contributed by atoms with Gasteiger partial charge in [0.25, 0.3) is 5.56 Å². The monoisotopic (exact) mass is 333 g/mol. The molecule has 1 aromatic rings. The van der Waals surface area contributed by atoms with E-state index in [4.69, 9.17) is 4.74 Å². The van der Waals surface area contributed by atoms with Gasteiger partial charge < -0.3 is 14.8 Å². The average molecular weight is 334 g/mol. The van der Waals surface area contributed by atoms with Gasteiger partial charge in [-0.15, -0.1) is 0 Å². The summed E-state index contributed by atoms with van der Waals surface area (Å²) in [7, 11) is 2.86. The summed E-state index contributed by atoms with van der Waals surface area (Å²) in [5.74, 6) is -0.532. The minimum atomic E-state index is -0.532. The Kier molecular flexibility index (Phi) is 5.97. The molecule has 0 saturated heterocycles. The van der Waals surface area contributed by atoms with Crippen molar-refractivity contribution in [2.75, 3.05) is 26.1 Å². The molecule has 0 fully saturated rings. The highest BCUT2D eigenvalue weighted by Gasteiger charge is 2.12. The minimum absolute atomic E-state index is 0.00407. The Bertz CT molecular complexity index is 503. The van der Waals surface area contributed by atoms with Crippen molar-refractivity contribution in [3.63, 3.8) is 0 Å². The fourth-order valence-electron chi connectivity index (χ4n) is 1.22. The maximum Gasteiger partial charge on any atom is 0.327 e. The van der Waals surface area contributed by atoms with Crippen molar-refractivity contribution in [1.82, 2.24) is 9.78 Å². The zero-order valence-electron chi connectivity index (χ0n) is 11.0. The van der Waals surface area contributed by atoms with Crippen LogP contribution >= 0.6 is 15.9 Å². The maximum absolute atomic E-state index is 11.9. The summed E-state index contributed by atoms with van der Waals surface area (Å²) in [4.78, 5) is 23.0. The number of aromatic nitrogens is 2. The first-order valence-electron chi connectivity index (χ1n) is 5.58. The van der Waals surface area contributed by atoms with Crippen LogP contribution in [-0.4, -0.2) is 42.6 Å². The molecular formula is C11H16BrN3O4. The molecule has 1 heterocycles. The lowest BCUT2D eigenvalue weighted by atomic mass is 10.3. The van der Waals surface area contributed by atoms with Crippen LogP contribution in [0.4, 0.5) is 5.69 Å². The molecule has 0 bridgehead atoms. The van der Waals surface area contributed by atoms with Crippen molar-refractivity contribution < 1.29 is 14.3 Å². The number of ether oxygens (including phenoxy) is 2. The second kappa shape index (κ2) is 7.25. The summed E-state index contributed by atoms with van der Waals surface area (Å²) < 4.78 is 10.9. The lowest BCUT2D eigenvalue weighted by Crippen LogP contribution is -2.29. The third-order valence-corrected chi connectivity index (χ3v) is 3.24. The van der Waals surface area contributed by atoms with E-state index in [9.17, 15) is 9.59 Å². The Balaban J connectivity index is 2.85.